The van der Waals surface area contributed by atoms with E-state index in [1.807, 2.05) is 6.07 Å². The number of hydrogen-bond donors (Lipinski definition) is 0. The van der Waals surface area contributed by atoms with Gasteiger partial charge in [-0.15, -0.1) is 0 Å². The average Bonchev–Trinajstić information content (AvgIpc) is 2.41. The minimum absolute atomic E-state index is 0.0534. The molecule has 0 spiro atoms. The van der Waals surface area contributed by atoms with E-state index in [1.54, 1.807) is 38.1 Å². The maximum atomic E-state index is 12.4. The number of carbonyl (C=O) groups excluding carboxylic acids is 1. The first-order valence-electron chi connectivity index (χ1n) is 5.86. The monoisotopic (exact) mass is 255 g/mol. The number of nitrogens with zero attached hydrogens (tertiary/aromatic N) is 1. The van der Waals surface area contributed by atoms with Crippen LogP contribution in [0.25, 0.3) is 0 Å². The van der Waals surface area contributed by atoms with Crippen LogP contribution in [-0.4, -0.2) is 10.7 Å². The molecular weight excluding hydrogens is 242 g/mol. The van der Waals surface area contributed by atoms with Crippen LogP contribution in [0.3, 0.4) is 0 Å². The van der Waals surface area contributed by atoms with Gasteiger partial charge >= 0.3 is 0 Å². The van der Waals surface area contributed by atoms with Gasteiger partial charge in [0, 0.05) is 23.3 Å². The fourth-order valence-electron chi connectivity index (χ4n) is 1.93. The van der Waals surface area contributed by atoms with Gasteiger partial charge in [0.05, 0.1) is 4.92 Å². The number of carbonyl (C=O) groups is 1. The second kappa shape index (κ2) is 5.02. The number of rotatable bonds is 3. The van der Waals surface area contributed by atoms with E-state index in [2.05, 4.69) is 0 Å². The molecule has 0 fully saturated rings. The van der Waals surface area contributed by atoms with E-state index in [9.17, 15) is 14.9 Å². The number of nitro groups is 1. The molecule has 19 heavy (non-hydrogen) atoms. The molecule has 96 valence electrons. The summed E-state index contributed by atoms with van der Waals surface area (Å²) < 4.78 is 0. The summed E-state index contributed by atoms with van der Waals surface area (Å²) in [4.78, 5) is 22.8. The van der Waals surface area contributed by atoms with Crippen molar-refractivity contribution >= 4 is 11.5 Å². The van der Waals surface area contributed by atoms with Crippen LogP contribution in [0.1, 0.15) is 27.0 Å². The molecule has 0 radical (unpaired) electrons. The molecule has 2 aromatic rings. The molecular formula is C15H13NO3. The summed E-state index contributed by atoms with van der Waals surface area (Å²) in [6.07, 6.45) is 0. The highest BCUT2D eigenvalue weighted by Gasteiger charge is 2.18. The standard InChI is InChI=1S/C15H13NO3/c1-10-8-13(16(18)19)9-14(11(10)2)15(17)12-6-4-3-5-7-12/h3-9H,1-2H3. The Bertz CT molecular complexity index is 648. The first kappa shape index (κ1) is 13.0. The van der Waals surface area contributed by atoms with Crippen LogP contribution in [-0.2, 0) is 0 Å². The normalized spacial score (nSPS) is 10.2. The van der Waals surface area contributed by atoms with Crippen molar-refractivity contribution in [2.75, 3.05) is 0 Å². The molecule has 0 N–H and O–H groups in total. The van der Waals surface area contributed by atoms with Crippen molar-refractivity contribution in [3.05, 3.63) is 74.8 Å². The zero-order chi connectivity index (χ0) is 14.0. The van der Waals surface area contributed by atoms with Gasteiger partial charge in [0.1, 0.15) is 0 Å². The van der Waals surface area contributed by atoms with Gasteiger partial charge in [-0.25, -0.2) is 0 Å². The van der Waals surface area contributed by atoms with E-state index in [0.29, 0.717) is 11.1 Å². The largest absolute Gasteiger partial charge is 0.289 e. The Balaban J connectivity index is 2.56. The van der Waals surface area contributed by atoms with Crippen molar-refractivity contribution in [2.24, 2.45) is 0 Å². The van der Waals surface area contributed by atoms with Crippen molar-refractivity contribution in [2.45, 2.75) is 13.8 Å². The predicted molar refractivity (Wildman–Crippen MR) is 72.4 cm³/mol. The van der Waals surface area contributed by atoms with E-state index >= 15 is 0 Å². The van der Waals surface area contributed by atoms with Gasteiger partial charge in [-0.2, -0.15) is 0 Å². The molecule has 0 aliphatic heterocycles. The van der Waals surface area contributed by atoms with Crippen molar-refractivity contribution in [3.8, 4) is 0 Å². The highest BCUT2D eigenvalue weighted by molar-refractivity contribution is 6.10. The van der Waals surface area contributed by atoms with Gasteiger partial charge in [0.25, 0.3) is 5.69 Å². The number of non-ortho nitro benzene ring substituents is 1. The van der Waals surface area contributed by atoms with Crippen molar-refractivity contribution in [1.29, 1.82) is 0 Å². The first-order valence-corrected chi connectivity index (χ1v) is 5.86. The van der Waals surface area contributed by atoms with Crippen molar-refractivity contribution in [1.82, 2.24) is 0 Å². The molecule has 0 atom stereocenters. The van der Waals surface area contributed by atoms with Crippen LogP contribution in [0.4, 0.5) is 5.69 Å². The summed E-state index contributed by atoms with van der Waals surface area (Å²) in [7, 11) is 0. The van der Waals surface area contributed by atoms with Crippen molar-refractivity contribution in [3.63, 3.8) is 0 Å². The van der Waals surface area contributed by atoms with Crippen LogP contribution >= 0.6 is 0 Å². The number of nitro benzene ring substituents is 1. The molecule has 0 aliphatic rings. The smallest absolute Gasteiger partial charge is 0.270 e. The van der Waals surface area contributed by atoms with Crippen LogP contribution in [0, 0.1) is 24.0 Å². The number of benzene rings is 2. The Morgan fingerprint density at radius 3 is 2.32 bits per heavy atom. The van der Waals surface area contributed by atoms with Gasteiger partial charge in [-0.3, -0.25) is 14.9 Å². The van der Waals surface area contributed by atoms with Crippen LogP contribution < -0.4 is 0 Å². The lowest BCUT2D eigenvalue weighted by Crippen LogP contribution is -2.06. The summed E-state index contributed by atoms with van der Waals surface area (Å²) in [5.41, 5.74) is 2.39. The molecule has 4 nitrogen and oxygen atoms in total. The molecule has 0 unspecified atom stereocenters. The van der Waals surface area contributed by atoms with Gasteiger partial charge in [0.2, 0.25) is 0 Å². The molecule has 4 heteroatoms. The van der Waals surface area contributed by atoms with E-state index in [0.717, 1.165) is 11.1 Å². The maximum absolute atomic E-state index is 12.4. The zero-order valence-electron chi connectivity index (χ0n) is 10.7. The minimum Gasteiger partial charge on any atom is -0.289 e. The molecule has 0 saturated heterocycles. The Kier molecular flexibility index (Phi) is 3.42. The summed E-state index contributed by atoms with van der Waals surface area (Å²) >= 11 is 0. The lowest BCUT2D eigenvalue weighted by molar-refractivity contribution is -0.384. The average molecular weight is 255 g/mol. The van der Waals surface area contributed by atoms with Crippen LogP contribution in [0.15, 0.2) is 42.5 Å². The Hall–Kier alpha value is -2.49. The second-order valence-corrected chi connectivity index (χ2v) is 4.39. The molecule has 0 amide bonds. The van der Waals surface area contributed by atoms with E-state index in [4.69, 9.17) is 0 Å². The molecule has 0 aliphatic carbocycles. The fraction of sp³-hybridized carbons (Fsp3) is 0.133. The minimum atomic E-state index is -0.478. The van der Waals surface area contributed by atoms with Crippen LogP contribution in [0.2, 0.25) is 0 Å². The van der Waals surface area contributed by atoms with Gasteiger partial charge in [-0.1, -0.05) is 30.3 Å². The molecule has 0 bridgehead atoms. The summed E-state index contributed by atoms with van der Waals surface area (Å²) in [6, 6.07) is 11.6. The SMILES string of the molecule is Cc1cc([N+](=O)[O-])cc(C(=O)c2ccccc2)c1C. The second-order valence-electron chi connectivity index (χ2n) is 4.39. The Morgan fingerprint density at radius 1 is 1.11 bits per heavy atom. The summed E-state index contributed by atoms with van der Waals surface area (Å²) in [5, 5.41) is 10.9. The third-order valence-corrected chi connectivity index (χ3v) is 3.14. The molecule has 0 saturated carbocycles. The molecule has 2 aromatic carbocycles. The van der Waals surface area contributed by atoms with Gasteiger partial charge in [0.15, 0.2) is 5.78 Å². The van der Waals surface area contributed by atoms with Gasteiger partial charge < -0.3 is 0 Å². The number of ketones is 1. The molecule has 2 rings (SSSR count). The Morgan fingerprint density at radius 2 is 1.74 bits per heavy atom. The Labute approximate surface area is 110 Å². The lowest BCUT2D eigenvalue weighted by Gasteiger charge is -2.08. The highest BCUT2D eigenvalue weighted by Crippen LogP contribution is 2.23. The lowest BCUT2D eigenvalue weighted by atomic mass is 9.95. The maximum Gasteiger partial charge on any atom is 0.270 e. The molecule has 0 aromatic heterocycles. The summed E-state index contributed by atoms with van der Waals surface area (Å²) in [6.45, 7) is 3.57. The highest BCUT2D eigenvalue weighted by atomic mass is 16.6. The van der Waals surface area contributed by atoms with Crippen LogP contribution in [0.5, 0.6) is 0 Å². The molecule has 0 heterocycles. The van der Waals surface area contributed by atoms with E-state index < -0.39 is 4.92 Å². The number of aryl methyl sites for hydroxylation is 1. The predicted octanol–water partition coefficient (Wildman–Crippen LogP) is 3.44. The third kappa shape index (κ3) is 2.52. The van der Waals surface area contributed by atoms with Gasteiger partial charge in [-0.05, 0) is 25.0 Å². The first-order chi connectivity index (χ1) is 9.00. The summed E-state index contributed by atoms with van der Waals surface area (Å²) in [5.74, 6) is -0.190. The van der Waals surface area contributed by atoms with E-state index in [-0.39, 0.29) is 11.5 Å². The fourth-order valence-corrected chi connectivity index (χ4v) is 1.93. The zero-order valence-corrected chi connectivity index (χ0v) is 10.7. The van der Waals surface area contributed by atoms with Crippen molar-refractivity contribution < 1.29 is 9.72 Å². The number of hydrogen-bond acceptors (Lipinski definition) is 3. The third-order valence-electron chi connectivity index (χ3n) is 3.14. The quantitative estimate of drug-likeness (QED) is 0.479. The van der Waals surface area contributed by atoms with E-state index in [1.165, 1.54) is 12.1 Å². The topological polar surface area (TPSA) is 60.2 Å².